The highest BCUT2D eigenvalue weighted by molar-refractivity contribution is 6.11. The minimum absolute atomic E-state index is 0.327. The molecule has 0 amide bonds. The molecule has 2 unspecified atom stereocenters. The monoisotopic (exact) mass is 110 g/mol. The first-order chi connectivity index (χ1) is 3.83. The maximum Gasteiger partial charge on any atom is 0.0699 e. The molecule has 0 aromatic heterocycles. The molecule has 1 aliphatic rings. The first-order valence-electron chi connectivity index (χ1n) is 3.19. The zero-order chi connectivity index (χ0) is 5.98. The van der Waals surface area contributed by atoms with Crippen LogP contribution in [0.5, 0.6) is 0 Å². The smallest absolute Gasteiger partial charge is 0.0699 e. The van der Waals surface area contributed by atoms with E-state index in [1.54, 1.807) is 0 Å². The van der Waals surface area contributed by atoms with Crippen LogP contribution < -0.4 is 0 Å². The van der Waals surface area contributed by atoms with Crippen LogP contribution >= 0.6 is 0 Å². The highest BCUT2D eigenvalue weighted by Gasteiger charge is 2.19. The molecule has 0 aromatic rings. The number of aliphatic hydroxyl groups excluding tert-OH is 1. The minimum atomic E-state index is 0.327. The van der Waals surface area contributed by atoms with Crippen LogP contribution in [0.1, 0.15) is 19.3 Å². The molecule has 0 bridgehead atoms. The van der Waals surface area contributed by atoms with E-state index in [4.69, 9.17) is 13.0 Å². The quantitative estimate of drug-likeness (QED) is 0.493. The second-order valence-corrected chi connectivity index (χ2v) is 2.62. The van der Waals surface area contributed by atoms with Crippen LogP contribution in [0.25, 0.3) is 0 Å². The van der Waals surface area contributed by atoms with Gasteiger partial charge in [-0.15, -0.1) is 0 Å². The summed E-state index contributed by atoms with van der Waals surface area (Å²) in [4.78, 5) is 0. The maximum atomic E-state index is 8.63. The summed E-state index contributed by atoms with van der Waals surface area (Å²) < 4.78 is 0. The van der Waals surface area contributed by atoms with Crippen molar-refractivity contribution in [2.75, 3.05) is 6.61 Å². The standard InChI is InChI=1S/C6H11BO/c7-6-2-1-5(3-6)4-8/h5-6,8H,1-4H2. The van der Waals surface area contributed by atoms with Crippen molar-refractivity contribution in [3.05, 3.63) is 0 Å². The molecule has 44 valence electrons. The molecule has 1 saturated carbocycles. The fourth-order valence-corrected chi connectivity index (χ4v) is 1.28. The van der Waals surface area contributed by atoms with Crippen LogP contribution in [0.15, 0.2) is 0 Å². The van der Waals surface area contributed by atoms with Crippen LogP contribution in [0.3, 0.4) is 0 Å². The van der Waals surface area contributed by atoms with Crippen molar-refractivity contribution in [1.29, 1.82) is 0 Å². The van der Waals surface area contributed by atoms with E-state index in [1.807, 2.05) is 0 Å². The van der Waals surface area contributed by atoms with Crippen molar-refractivity contribution in [2.24, 2.45) is 5.92 Å². The van der Waals surface area contributed by atoms with E-state index >= 15 is 0 Å². The first-order valence-corrected chi connectivity index (χ1v) is 3.19. The second-order valence-electron chi connectivity index (χ2n) is 2.62. The lowest BCUT2D eigenvalue weighted by Crippen LogP contribution is -1.98. The van der Waals surface area contributed by atoms with Crippen LogP contribution in [0.4, 0.5) is 0 Å². The van der Waals surface area contributed by atoms with Gasteiger partial charge in [0.1, 0.15) is 0 Å². The average molecular weight is 110 g/mol. The van der Waals surface area contributed by atoms with E-state index in [9.17, 15) is 0 Å². The van der Waals surface area contributed by atoms with Gasteiger partial charge in [0.05, 0.1) is 7.85 Å². The van der Waals surface area contributed by atoms with Crippen LogP contribution in [0.2, 0.25) is 5.82 Å². The van der Waals surface area contributed by atoms with Crippen molar-refractivity contribution in [3.8, 4) is 0 Å². The van der Waals surface area contributed by atoms with Gasteiger partial charge < -0.3 is 5.11 Å². The molecule has 2 radical (unpaired) electrons. The zero-order valence-corrected chi connectivity index (χ0v) is 5.01. The van der Waals surface area contributed by atoms with Crippen LogP contribution in [-0.4, -0.2) is 19.6 Å². The Morgan fingerprint density at radius 3 is 2.50 bits per heavy atom. The molecule has 1 N–H and O–H groups in total. The Hall–Kier alpha value is 0.0249. The molecular formula is C6H11BO. The molecule has 0 aromatic carbocycles. The van der Waals surface area contributed by atoms with E-state index < -0.39 is 0 Å². The molecule has 0 saturated heterocycles. The lowest BCUT2D eigenvalue weighted by molar-refractivity contribution is 0.230. The molecule has 0 aliphatic heterocycles. The molecular weight excluding hydrogens is 98.9 g/mol. The third-order valence-corrected chi connectivity index (χ3v) is 1.84. The van der Waals surface area contributed by atoms with E-state index in [-0.39, 0.29) is 0 Å². The topological polar surface area (TPSA) is 20.2 Å². The summed E-state index contributed by atoms with van der Waals surface area (Å²) in [6, 6.07) is 0. The van der Waals surface area contributed by atoms with E-state index in [1.165, 1.54) is 0 Å². The Kier molecular flexibility index (Phi) is 1.95. The van der Waals surface area contributed by atoms with Gasteiger partial charge in [-0.05, 0) is 12.3 Å². The van der Waals surface area contributed by atoms with Gasteiger partial charge in [-0.3, -0.25) is 0 Å². The van der Waals surface area contributed by atoms with Gasteiger partial charge in [-0.2, -0.15) is 0 Å². The van der Waals surface area contributed by atoms with Gasteiger partial charge in [0, 0.05) is 6.61 Å². The van der Waals surface area contributed by atoms with Gasteiger partial charge in [0.25, 0.3) is 0 Å². The number of hydrogen-bond donors (Lipinski definition) is 1. The van der Waals surface area contributed by atoms with Gasteiger partial charge in [0.15, 0.2) is 0 Å². The summed E-state index contributed by atoms with van der Waals surface area (Å²) in [5.74, 6) is 0.872. The Morgan fingerprint density at radius 1 is 1.50 bits per heavy atom. The van der Waals surface area contributed by atoms with Crippen molar-refractivity contribution in [3.63, 3.8) is 0 Å². The molecule has 0 spiro atoms. The number of hydrogen-bond acceptors (Lipinski definition) is 1. The molecule has 8 heavy (non-hydrogen) atoms. The lowest BCUT2D eigenvalue weighted by atomic mass is 9.85. The van der Waals surface area contributed by atoms with E-state index in [0.29, 0.717) is 18.3 Å². The molecule has 1 fully saturated rings. The Morgan fingerprint density at radius 2 is 2.25 bits per heavy atom. The molecule has 0 heterocycles. The maximum absolute atomic E-state index is 8.63. The average Bonchev–Trinajstić information content (AvgIpc) is 2.14. The van der Waals surface area contributed by atoms with Crippen LogP contribution in [-0.2, 0) is 0 Å². The minimum Gasteiger partial charge on any atom is -0.396 e. The number of aliphatic hydroxyl groups is 1. The van der Waals surface area contributed by atoms with Gasteiger partial charge in [-0.25, -0.2) is 0 Å². The predicted octanol–water partition coefficient (Wildman–Crippen LogP) is 0.736. The van der Waals surface area contributed by atoms with Crippen molar-refractivity contribution in [2.45, 2.75) is 25.1 Å². The summed E-state index contributed by atoms with van der Waals surface area (Å²) in [5, 5.41) is 8.63. The van der Waals surface area contributed by atoms with Crippen LogP contribution in [0, 0.1) is 5.92 Å². The Labute approximate surface area is 51.5 Å². The highest BCUT2D eigenvalue weighted by atomic mass is 16.3. The fourth-order valence-electron chi connectivity index (χ4n) is 1.28. The molecule has 2 atom stereocenters. The summed E-state index contributed by atoms with van der Waals surface area (Å²) in [6.07, 6.45) is 3.25. The van der Waals surface area contributed by atoms with Crippen molar-refractivity contribution < 1.29 is 5.11 Å². The summed E-state index contributed by atoms with van der Waals surface area (Å²) in [7, 11) is 5.59. The number of rotatable bonds is 1. The highest BCUT2D eigenvalue weighted by Crippen LogP contribution is 2.31. The summed E-state index contributed by atoms with van der Waals surface area (Å²) >= 11 is 0. The second kappa shape index (κ2) is 2.54. The fraction of sp³-hybridized carbons (Fsp3) is 1.00. The van der Waals surface area contributed by atoms with Crippen molar-refractivity contribution in [1.82, 2.24) is 0 Å². The molecule has 1 aliphatic carbocycles. The summed E-state index contributed by atoms with van der Waals surface area (Å²) in [5.41, 5.74) is 0. The van der Waals surface area contributed by atoms with Gasteiger partial charge in [0.2, 0.25) is 0 Å². The van der Waals surface area contributed by atoms with Gasteiger partial charge in [-0.1, -0.05) is 18.7 Å². The Balaban J connectivity index is 2.22. The summed E-state index contributed by atoms with van der Waals surface area (Å²) in [6.45, 7) is 0.327. The molecule has 2 heteroatoms. The normalized spacial score (nSPS) is 38.1. The van der Waals surface area contributed by atoms with E-state index in [2.05, 4.69) is 0 Å². The van der Waals surface area contributed by atoms with Gasteiger partial charge >= 0.3 is 0 Å². The largest absolute Gasteiger partial charge is 0.396 e. The molecule has 1 nitrogen and oxygen atoms in total. The third kappa shape index (κ3) is 1.25. The molecule has 1 rings (SSSR count). The zero-order valence-electron chi connectivity index (χ0n) is 5.01. The SMILES string of the molecule is [B]C1CCC(CO)C1. The first kappa shape index (κ1) is 6.15. The third-order valence-electron chi connectivity index (χ3n) is 1.84. The predicted molar refractivity (Wildman–Crippen MR) is 33.9 cm³/mol. The van der Waals surface area contributed by atoms with E-state index in [0.717, 1.165) is 19.3 Å². The Bertz CT molecular complexity index is 74.9. The van der Waals surface area contributed by atoms with Crippen molar-refractivity contribution >= 4 is 7.85 Å². The lowest BCUT2D eigenvalue weighted by Gasteiger charge is -2.01.